The quantitative estimate of drug-likeness (QED) is 0.624. The zero-order chi connectivity index (χ0) is 17.0. The normalized spacial score (nSPS) is 10.4. The Morgan fingerprint density at radius 1 is 1.04 bits per heavy atom. The van der Waals surface area contributed by atoms with Gasteiger partial charge < -0.3 is 14.6 Å². The minimum absolute atomic E-state index is 0.0523. The molecule has 0 aromatic heterocycles. The van der Waals surface area contributed by atoms with Gasteiger partial charge in [0.2, 0.25) is 0 Å². The summed E-state index contributed by atoms with van der Waals surface area (Å²) in [6.07, 6.45) is 0.0523. The topological polar surface area (TPSA) is 72.8 Å². The highest BCUT2D eigenvalue weighted by Gasteiger charge is 2.13. The van der Waals surface area contributed by atoms with Gasteiger partial charge in [0.1, 0.15) is 11.5 Å². The van der Waals surface area contributed by atoms with Gasteiger partial charge in [-0.2, -0.15) is 0 Å². The summed E-state index contributed by atoms with van der Waals surface area (Å²) in [5.74, 6) is -0.666. The molecule has 0 fully saturated rings. The van der Waals surface area contributed by atoms with Crippen LogP contribution in [0.15, 0.2) is 46.9 Å². The molecule has 0 aliphatic carbocycles. The average Bonchev–Trinajstić information content (AvgIpc) is 2.49. The minimum Gasteiger partial charge on any atom is -0.491 e. The van der Waals surface area contributed by atoms with Gasteiger partial charge in [-0.25, -0.2) is 9.59 Å². The van der Waals surface area contributed by atoms with Crippen molar-refractivity contribution in [3.8, 4) is 11.5 Å². The molecule has 0 saturated heterocycles. The molecule has 0 spiro atoms. The Labute approximate surface area is 142 Å². The van der Waals surface area contributed by atoms with Crippen LogP contribution in [0.5, 0.6) is 11.5 Å². The molecule has 2 aromatic rings. The molecule has 2 aromatic carbocycles. The van der Waals surface area contributed by atoms with Crippen LogP contribution < -0.4 is 9.47 Å². The van der Waals surface area contributed by atoms with Crippen molar-refractivity contribution >= 4 is 27.9 Å². The SMILES string of the molecule is CC(C)Oc1ccc(C(=O)Oc2ccc(C(=O)O)cc2Br)cc1. The standard InChI is InChI=1S/C17H15BrO5/c1-10(2)22-13-6-3-11(4-7-13)17(21)23-15-8-5-12(16(19)20)9-14(15)18/h3-10H,1-2H3,(H,19,20). The molecule has 0 amide bonds. The smallest absolute Gasteiger partial charge is 0.343 e. The number of rotatable bonds is 5. The van der Waals surface area contributed by atoms with E-state index >= 15 is 0 Å². The van der Waals surface area contributed by atoms with Crippen molar-refractivity contribution < 1.29 is 24.2 Å². The Morgan fingerprint density at radius 3 is 2.17 bits per heavy atom. The first-order chi connectivity index (χ1) is 10.9. The van der Waals surface area contributed by atoms with Crippen LogP contribution in [0.3, 0.4) is 0 Å². The summed E-state index contributed by atoms with van der Waals surface area (Å²) < 4.78 is 11.2. The molecule has 0 atom stereocenters. The molecule has 0 heterocycles. The largest absolute Gasteiger partial charge is 0.491 e. The van der Waals surface area contributed by atoms with Crippen molar-refractivity contribution in [2.24, 2.45) is 0 Å². The fourth-order valence-electron chi connectivity index (χ4n) is 1.82. The molecule has 2 rings (SSSR count). The molecule has 120 valence electrons. The molecule has 1 N–H and O–H groups in total. The van der Waals surface area contributed by atoms with E-state index < -0.39 is 11.9 Å². The van der Waals surface area contributed by atoms with Crippen LogP contribution in [0.1, 0.15) is 34.6 Å². The van der Waals surface area contributed by atoms with E-state index in [4.69, 9.17) is 14.6 Å². The van der Waals surface area contributed by atoms with Crippen LogP contribution in [-0.4, -0.2) is 23.1 Å². The van der Waals surface area contributed by atoms with Crippen molar-refractivity contribution in [3.63, 3.8) is 0 Å². The second-order valence-corrected chi connectivity index (χ2v) is 5.89. The van der Waals surface area contributed by atoms with E-state index in [2.05, 4.69) is 15.9 Å². The Morgan fingerprint density at radius 2 is 1.65 bits per heavy atom. The first-order valence-corrected chi connectivity index (χ1v) is 7.68. The molecule has 0 radical (unpaired) electrons. The maximum absolute atomic E-state index is 12.1. The summed E-state index contributed by atoms with van der Waals surface area (Å²) in [5, 5.41) is 8.91. The Balaban J connectivity index is 2.11. The van der Waals surface area contributed by atoms with Gasteiger partial charge in [-0.05, 0) is 72.2 Å². The number of hydrogen-bond donors (Lipinski definition) is 1. The molecule has 6 heteroatoms. The Bertz CT molecular complexity index is 722. The van der Waals surface area contributed by atoms with Crippen LogP contribution in [0.25, 0.3) is 0 Å². The average molecular weight is 379 g/mol. The lowest BCUT2D eigenvalue weighted by Crippen LogP contribution is -2.10. The predicted octanol–water partition coefficient (Wildman–Crippen LogP) is 4.15. The number of halogens is 1. The lowest BCUT2D eigenvalue weighted by atomic mass is 10.2. The van der Waals surface area contributed by atoms with Crippen LogP contribution in [0, 0.1) is 0 Å². The van der Waals surface area contributed by atoms with Crippen molar-refractivity contribution in [2.75, 3.05) is 0 Å². The number of esters is 1. The molecule has 23 heavy (non-hydrogen) atoms. The number of carboxylic acid groups (broad SMARTS) is 1. The minimum atomic E-state index is -1.05. The fraction of sp³-hybridized carbons (Fsp3) is 0.176. The van der Waals surface area contributed by atoms with Crippen LogP contribution in [0.4, 0.5) is 0 Å². The van der Waals surface area contributed by atoms with Gasteiger partial charge in [-0.1, -0.05) is 0 Å². The molecule has 0 aliphatic rings. The number of carbonyl (C=O) groups is 2. The van der Waals surface area contributed by atoms with Crippen molar-refractivity contribution in [3.05, 3.63) is 58.1 Å². The zero-order valence-electron chi connectivity index (χ0n) is 12.6. The third-order valence-corrected chi connectivity index (χ3v) is 3.46. The maximum Gasteiger partial charge on any atom is 0.343 e. The van der Waals surface area contributed by atoms with Crippen LogP contribution in [-0.2, 0) is 0 Å². The Kier molecular flexibility index (Phi) is 5.39. The molecule has 0 bridgehead atoms. The molecule has 0 unspecified atom stereocenters. The monoisotopic (exact) mass is 378 g/mol. The summed E-state index contributed by atoms with van der Waals surface area (Å²) >= 11 is 3.19. The third-order valence-electron chi connectivity index (χ3n) is 2.84. The molecular weight excluding hydrogens is 364 g/mol. The lowest BCUT2D eigenvalue weighted by Gasteiger charge is -2.10. The second kappa shape index (κ2) is 7.28. The van der Waals surface area contributed by atoms with Crippen LogP contribution in [0.2, 0.25) is 0 Å². The number of carbonyl (C=O) groups excluding carboxylic acids is 1. The van der Waals surface area contributed by atoms with Gasteiger partial charge in [-0.15, -0.1) is 0 Å². The van der Waals surface area contributed by atoms with E-state index in [9.17, 15) is 9.59 Å². The summed E-state index contributed by atoms with van der Waals surface area (Å²) in [6.45, 7) is 3.83. The van der Waals surface area contributed by atoms with Crippen molar-refractivity contribution in [2.45, 2.75) is 20.0 Å². The third kappa shape index (κ3) is 4.56. The lowest BCUT2D eigenvalue weighted by molar-refractivity contribution is 0.0696. The van der Waals surface area contributed by atoms with Gasteiger partial charge in [0.05, 0.1) is 21.7 Å². The van der Waals surface area contributed by atoms with E-state index in [1.807, 2.05) is 13.8 Å². The summed E-state index contributed by atoms with van der Waals surface area (Å²) in [4.78, 5) is 23.0. The molecule has 5 nitrogen and oxygen atoms in total. The van der Waals surface area contributed by atoms with Gasteiger partial charge >= 0.3 is 11.9 Å². The summed E-state index contributed by atoms with van der Waals surface area (Å²) in [7, 11) is 0. The molecule has 0 aliphatic heterocycles. The number of carboxylic acids is 1. The van der Waals surface area contributed by atoms with E-state index in [-0.39, 0.29) is 17.4 Å². The number of benzene rings is 2. The first-order valence-electron chi connectivity index (χ1n) is 6.88. The van der Waals surface area contributed by atoms with Crippen molar-refractivity contribution in [1.29, 1.82) is 0 Å². The van der Waals surface area contributed by atoms with Crippen molar-refractivity contribution in [1.82, 2.24) is 0 Å². The van der Waals surface area contributed by atoms with E-state index in [0.717, 1.165) is 0 Å². The number of hydrogen-bond acceptors (Lipinski definition) is 4. The fourth-order valence-corrected chi connectivity index (χ4v) is 2.28. The van der Waals surface area contributed by atoms with E-state index in [0.29, 0.717) is 15.8 Å². The molecule has 0 saturated carbocycles. The van der Waals surface area contributed by atoms with Gasteiger partial charge in [0.15, 0.2) is 0 Å². The first kappa shape index (κ1) is 17.0. The maximum atomic E-state index is 12.1. The van der Waals surface area contributed by atoms with E-state index in [1.54, 1.807) is 24.3 Å². The van der Waals surface area contributed by atoms with Gasteiger partial charge in [0.25, 0.3) is 0 Å². The summed E-state index contributed by atoms with van der Waals surface area (Å²) in [6, 6.07) is 10.8. The van der Waals surface area contributed by atoms with Gasteiger partial charge in [0, 0.05) is 0 Å². The number of aromatic carboxylic acids is 1. The highest BCUT2D eigenvalue weighted by molar-refractivity contribution is 9.10. The van der Waals surface area contributed by atoms with Crippen LogP contribution >= 0.6 is 15.9 Å². The number of ether oxygens (including phenoxy) is 2. The van der Waals surface area contributed by atoms with E-state index in [1.165, 1.54) is 18.2 Å². The van der Waals surface area contributed by atoms with Gasteiger partial charge in [-0.3, -0.25) is 0 Å². The molecular formula is C17H15BrO5. The summed E-state index contributed by atoms with van der Waals surface area (Å²) in [5.41, 5.74) is 0.474. The predicted molar refractivity (Wildman–Crippen MR) is 88.3 cm³/mol. The zero-order valence-corrected chi connectivity index (χ0v) is 14.2. The highest BCUT2D eigenvalue weighted by atomic mass is 79.9. The second-order valence-electron chi connectivity index (χ2n) is 5.03. The Hall–Kier alpha value is -2.34. The highest BCUT2D eigenvalue weighted by Crippen LogP contribution is 2.27.